The molecule has 2 amide bonds. The Labute approximate surface area is 294 Å². The summed E-state index contributed by atoms with van der Waals surface area (Å²) in [6.45, 7) is 3.45. The van der Waals surface area contributed by atoms with E-state index in [1.54, 1.807) is 12.1 Å². The van der Waals surface area contributed by atoms with Gasteiger partial charge in [-0.15, -0.1) is 5.10 Å². The molecule has 1 aromatic heterocycles. The number of amides is 2. The average Bonchev–Trinajstić information content (AvgIpc) is 3.53. The zero-order valence-electron chi connectivity index (χ0n) is 28.2. The topological polar surface area (TPSA) is 142 Å². The Morgan fingerprint density at radius 2 is 1.44 bits per heavy atom. The van der Waals surface area contributed by atoms with Crippen LogP contribution in [0.4, 0.5) is 36.8 Å². The fourth-order valence-corrected chi connectivity index (χ4v) is 7.18. The van der Waals surface area contributed by atoms with Crippen molar-refractivity contribution in [3.05, 3.63) is 69.6 Å². The smallest absolute Gasteiger partial charge is 0.418 e. The summed E-state index contributed by atoms with van der Waals surface area (Å²) < 4.78 is 90.0. The molecule has 2 aromatic carbocycles. The van der Waals surface area contributed by atoms with E-state index in [-0.39, 0.29) is 32.2 Å². The lowest BCUT2D eigenvalue weighted by Crippen LogP contribution is -2.56. The number of nitrogen functional groups attached to an aromatic ring is 1. The largest absolute Gasteiger partial charge is 0.436 e. The number of halogens is 6. The predicted octanol–water partition coefficient (Wildman–Crippen LogP) is 4.14. The van der Waals surface area contributed by atoms with Crippen LogP contribution in [0, 0.1) is 0 Å². The number of hydrogen-bond donors (Lipinski definition) is 3. The fourth-order valence-electron chi connectivity index (χ4n) is 7.18. The van der Waals surface area contributed by atoms with Gasteiger partial charge >= 0.3 is 24.1 Å². The van der Waals surface area contributed by atoms with Crippen LogP contribution in [0.5, 0.6) is 0 Å². The first-order valence-corrected chi connectivity index (χ1v) is 17.2. The predicted molar refractivity (Wildman–Crippen MR) is 177 cm³/mol. The van der Waals surface area contributed by atoms with Crippen molar-refractivity contribution in [2.24, 2.45) is 0 Å². The Morgan fingerprint density at radius 1 is 0.846 bits per heavy atom. The number of carbonyl (C=O) groups excluding carboxylic acids is 2. The number of piperazine rings is 1. The highest BCUT2D eigenvalue weighted by molar-refractivity contribution is 5.84. The van der Waals surface area contributed by atoms with E-state index in [1.807, 2.05) is 18.2 Å². The van der Waals surface area contributed by atoms with Gasteiger partial charge in [0.15, 0.2) is 11.9 Å². The monoisotopic (exact) mass is 738 g/mol. The van der Waals surface area contributed by atoms with Crippen molar-refractivity contribution in [2.45, 2.75) is 62.6 Å². The molecule has 0 radical (unpaired) electrons. The van der Waals surface area contributed by atoms with Crippen molar-refractivity contribution in [1.29, 1.82) is 0 Å². The quantitative estimate of drug-likeness (QED) is 0.243. The Hall–Kier alpha value is -4.58. The maximum Gasteiger partial charge on any atom is 0.418 e. The number of aromatic nitrogens is 3. The van der Waals surface area contributed by atoms with E-state index in [4.69, 9.17) is 10.5 Å². The van der Waals surface area contributed by atoms with Gasteiger partial charge in [0, 0.05) is 57.3 Å². The molecule has 0 aliphatic carbocycles. The van der Waals surface area contributed by atoms with E-state index < -0.39 is 64.9 Å². The number of likely N-dealkylation sites (tertiary alicyclic amines) is 1. The molecule has 4 heterocycles. The number of piperidine rings is 2. The van der Waals surface area contributed by atoms with Crippen LogP contribution in [0.3, 0.4) is 0 Å². The molecule has 282 valence electrons. The molecule has 52 heavy (non-hydrogen) atoms. The van der Waals surface area contributed by atoms with Gasteiger partial charge in [0.1, 0.15) is 0 Å². The number of benzene rings is 2. The van der Waals surface area contributed by atoms with Crippen molar-refractivity contribution >= 4 is 17.7 Å². The van der Waals surface area contributed by atoms with Gasteiger partial charge in [-0.3, -0.25) is 14.7 Å². The van der Waals surface area contributed by atoms with Gasteiger partial charge in [0.2, 0.25) is 0 Å². The molecule has 12 nitrogen and oxygen atoms in total. The fraction of sp³-hybridized carbons (Fsp3) is 0.529. The zero-order chi connectivity index (χ0) is 37.2. The number of hydrogen-bond acceptors (Lipinski definition) is 8. The standard InChI is InChI=1S/C34H40F6N8O4/c35-33(36,37)25-18-21(19-26(28(25)41)34(38,39)40)20-27(30(49)46-16-14-45(15-17-46)23-6-10-42-11-7-23)52-32(51)47-12-8-24(9-13-47)48-31(50)43-29(44-48)22-4-2-1-3-5-22/h1-5,18-19,23-24,27,42H,6-17,20,41H2,(H,43,44,50)/t27-/m1/s1. The van der Waals surface area contributed by atoms with Gasteiger partial charge in [-0.25, -0.2) is 14.3 Å². The van der Waals surface area contributed by atoms with Crippen LogP contribution in [0.15, 0.2) is 47.3 Å². The van der Waals surface area contributed by atoms with E-state index >= 15 is 0 Å². The number of H-pyrrole nitrogens is 1. The minimum Gasteiger partial charge on any atom is -0.436 e. The highest BCUT2D eigenvalue weighted by Gasteiger charge is 2.42. The van der Waals surface area contributed by atoms with Gasteiger partial charge in [-0.1, -0.05) is 30.3 Å². The highest BCUT2D eigenvalue weighted by atomic mass is 19.4. The second-order valence-corrected chi connectivity index (χ2v) is 13.3. The van der Waals surface area contributed by atoms with Crippen LogP contribution in [-0.2, 0) is 28.3 Å². The maximum absolute atomic E-state index is 13.9. The summed E-state index contributed by atoms with van der Waals surface area (Å²) in [5.74, 6) is -0.334. The molecular formula is C34H40F6N8O4. The molecule has 0 saturated carbocycles. The number of nitrogens with one attached hydrogen (secondary N) is 2. The summed E-state index contributed by atoms with van der Waals surface area (Å²) in [6, 6.07) is 9.93. The van der Waals surface area contributed by atoms with Gasteiger partial charge in [-0.2, -0.15) is 26.3 Å². The molecule has 18 heteroatoms. The Balaban J connectivity index is 1.19. The minimum atomic E-state index is -5.22. The summed E-state index contributed by atoms with van der Waals surface area (Å²) in [6.07, 6.45) is -11.4. The van der Waals surface area contributed by atoms with E-state index in [0.29, 0.717) is 55.5 Å². The van der Waals surface area contributed by atoms with Crippen LogP contribution in [0.25, 0.3) is 11.4 Å². The third-order valence-corrected chi connectivity index (χ3v) is 10.00. The minimum absolute atomic E-state index is 0.0949. The third kappa shape index (κ3) is 8.38. The molecule has 0 spiro atoms. The van der Waals surface area contributed by atoms with Gasteiger partial charge in [0.05, 0.1) is 22.9 Å². The number of anilines is 1. The van der Waals surface area contributed by atoms with E-state index in [2.05, 4.69) is 20.3 Å². The number of ether oxygens (including phenoxy) is 1. The van der Waals surface area contributed by atoms with Crippen LogP contribution < -0.4 is 16.7 Å². The number of nitrogens with two attached hydrogens (primary N) is 1. The van der Waals surface area contributed by atoms with Crippen molar-refractivity contribution < 1.29 is 40.7 Å². The average molecular weight is 739 g/mol. The molecule has 6 rings (SSSR count). The van der Waals surface area contributed by atoms with Crippen molar-refractivity contribution in [3.8, 4) is 11.4 Å². The van der Waals surface area contributed by atoms with Crippen molar-refractivity contribution in [2.75, 3.05) is 58.1 Å². The number of carbonyl (C=O) groups is 2. The first-order valence-electron chi connectivity index (χ1n) is 17.2. The highest BCUT2D eigenvalue weighted by Crippen LogP contribution is 2.42. The van der Waals surface area contributed by atoms with Gasteiger partial charge in [-0.05, 0) is 56.5 Å². The first-order chi connectivity index (χ1) is 24.7. The van der Waals surface area contributed by atoms with Gasteiger partial charge in [0.25, 0.3) is 5.91 Å². The Bertz CT molecular complexity index is 1740. The van der Waals surface area contributed by atoms with Crippen LogP contribution in [0.1, 0.15) is 48.4 Å². The molecule has 1 atom stereocenters. The van der Waals surface area contributed by atoms with Gasteiger partial charge < -0.3 is 25.6 Å². The lowest BCUT2D eigenvalue weighted by molar-refractivity contribution is -0.143. The van der Waals surface area contributed by atoms with Crippen LogP contribution in [0.2, 0.25) is 0 Å². The lowest BCUT2D eigenvalue weighted by atomic mass is 9.97. The summed E-state index contributed by atoms with van der Waals surface area (Å²) in [7, 11) is 0. The molecule has 3 aromatic rings. The molecule has 3 aliphatic heterocycles. The zero-order valence-corrected chi connectivity index (χ0v) is 28.2. The van der Waals surface area contributed by atoms with Crippen LogP contribution in [-0.4, -0.2) is 106 Å². The second kappa shape index (κ2) is 15.2. The van der Waals surface area contributed by atoms with E-state index in [0.717, 1.165) is 25.9 Å². The van der Waals surface area contributed by atoms with Crippen molar-refractivity contribution in [3.63, 3.8) is 0 Å². The number of alkyl halides is 6. The second-order valence-electron chi connectivity index (χ2n) is 13.3. The summed E-state index contributed by atoms with van der Waals surface area (Å²) in [4.78, 5) is 47.8. The van der Waals surface area contributed by atoms with Crippen LogP contribution >= 0.6 is 0 Å². The molecule has 4 N–H and O–H groups in total. The van der Waals surface area contributed by atoms with Crippen molar-refractivity contribution in [1.82, 2.24) is 34.8 Å². The lowest BCUT2D eigenvalue weighted by Gasteiger charge is -2.41. The molecule has 3 fully saturated rings. The Morgan fingerprint density at radius 3 is 2.02 bits per heavy atom. The number of aromatic amines is 1. The molecule has 3 saturated heterocycles. The van der Waals surface area contributed by atoms with E-state index in [9.17, 15) is 40.7 Å². The summed E-state index contributed by atoms with van der Waals surface area (Å²) in [5.41, 5.74) is 0.237. The molecule has 3 aliphatic rings. The third-order valence-electron chi connectivity index (χ3n) is 10.00. The summed E-state index contributed by atoms with van der Waals surface area (Å²) in [5, 5.41) is 7.72. The normalized spacial score (nSPS) is 19.1. The molecular weight excluding hydrogens is 698 g/mol. The maximum atomic E-state index is 13.9. The molecule has 0 bridgehead atoms. The SMILES string of the molecule is Nc1c(C(F)(F)F)cc(C[C@@H](OC(=O)N2CCC(n3nc(-c4ccccc4)[nH]c3=O)CC2)C(=O)N2CCN(C3CCNCC3)CC2)cc1C(F)(F)F. The molecule has 0 unspecified atom stereocenters. The van der Waals surface area contributed by atoms with E-state index in [1.165, 1.54) is 14.5 Å². The number of nitrogens with zero attached hydrogens (tertiary/aromatic N) is 5. The Kier molecular flexibility index (Phi) is 10.9. The number of rotatable bonds is 7. The first kappa shape index (κ1) is 37.2. The summed E-state index contributed by atoms with van der Waals surface area (Å²) >= 11 is 0.